The van der Waals surface area contributed by atoms with Gasteiger partial charge in [0, 0.05) is 6.42 Å². The second kappa shape index (κ2) is 8.85. The summed E-state index contributed by atoms with van der Waals surface area (Å²) in [5.41, 5.74) is 1.53. The zero-order chi connectivity index (χ0) is 20.9. The molecule has 0 unspecified atom stereocenters. The lowest BCUT2D eigenvalue weighted by Crippen LogP contribution is -2.66. The van der Waals surface area contributed by atoms with Gasteiger partial charge in [0.2, 0.25) is 0 Å². The van der Waals surface area contributed by atoms with Crippen molar-refractivity contribution in [3.8, 4) is 0 Å². The van der Waals surface area contributed by atoms with Crippen molar-refractivity contribution in [3.05, 3.63) is 95.8 Å². The Morgan fingerprint density at radius 1 is 0.862 bits per heavy atom. The van der Waals surface area contributed by atoms with Crippen LogP contribution < -0.4 is 10.4 Å². The van der Waals surface area contributed by atoms with Crippen molar-refractivity contribution in [2.75, 3.05) is 0 Å². The summed E-state index contributed by atoms with van der Waals surface area (Å²) in [6.07, 6.45) is 1.10. The van der Waals surface area contributed by atoms with Gasteiger partial charge in [-0.3, -0.25) is 0 Å². The molecule has 0 fully saturated rings. The lowest BCUT2D eigenvalue weighted by atomic mass is 10.1. The first kappa shape index (κ1) is 21.2. The second-order valence-corrected chi connectivity index (χ2v) is 12.5. The number of carbonyl (C=O) groups excluding carboxylic acids is 1. The van der Waals surface area contributed by atoms with Crippen molar-refractivity contribution in [1.29, 1.82) is 0 Å². The Hall–Kier alpha value is -2.56. The van der Waals surface area contributed by atoms with Crippen molar-refractivity contribution < 1.29 is 13.6 Å². The smallest absolute Gasteiger partial charge is 0.261 e. The van der Waals surface area contributed by atoms with E-state index in [1.54, 1.807) is 6.07 Å². The van der Waals surface area contributed by atoms with Gasteiger partial charge in [-0.25, -0.2) is 4.39 Å². The van der Waals surface area contributed by atoms with Crippen molar-refractivity contribution in [2.24, 2.45) is 0 Å². The molecule has 2 nitrogen and oxygen atoms in total. The summed E-state index contributed by atoms with van der Waals surface area (Å²) in [6, 6.07) is 25.2. The first-order valence-corrected chi connectivity index (χ1v) is 11.8. The molecule has 0 bridgehead atoms. The van der Waals surface area contributed by atoms with Crippen molar-refractivity contribution in [1.82, 2.24) is 0 Å². The first-order chi connectivity index (χ1) is 13.9. The summed E-state index contributed by atoms with van der Waals surface area (Å²) < 4.78 is 20.8. The monoisotopic (exact) mass is 406 g/mol. The van der Waals surface area contributed by atoms with E-state index in [2.05, 4.69) is 45.0 Å². The van der Waals surface area contributed by atoms with Crippen molar-refractivity contribution in [3.63, 3.8) is 0 Å². The van der Waals surface area contributed by atoms with E-state index in [0.717, 1.165) is 17.4 Å². The molecule has 0 aliphatic rings. The standard InChI is InChI=1S/C25H27FO2Si/c1-25(2,3)29(23-10-6-4-7-11-23,24-12-8-5-9-13-24)28-19-21-18-22(26)15-14-20(21)16-17-27/h4-15,17-18H,16,19H2,1-3H3. The fourth-order valence-electron chi connectivity index (χ4n) is 3.97. The van der Waals surface area contributed by atoms with Gasteiger partial charge in [0.1, 0.15) is 12.1 Å². The Kier molecular flexibility index (Phi) is 6.45. The molecule has 3 aromatic carbocycles. The van der Waals surface area contributed by atoms with Crippen LogP contribution in [-0.4, -0.2) is 14.6 Å². The van der Waals surface area contributed by atoms with Crippen LogP contribution in [0.25, 0.3) is 0 Å². The van der Waals surface area contributed by atoms with E-state index in [4.69, 9.17) is 4.43 Å². The van der Waals surface area contributed by atoms with E-state index in [0.29, 0.717) is 0 Å². The van der Waals surface area contributed by atoms with Crippen LogP contribution in [0.3, 0.4) is 0 Å². The number of aldehydes is 1. The minimum atomic E-state index is -2.71. The average Bonchev–Trinajstić information content (AvgIpc) is 2.71. The minimum absolute atomic E-state index is 0.159. The highest BCUT2D eigenvalue weighted by Gasteiger charge is 2.50. The molecule has 3 aromatic rings. The molecule has 0 aliphatic carbocycles. The lowest BCUT2D eigenvalue weighted by Gasteiger charge is -2.43. The number of carbonyl (C=O) groups is 1. The topological polar surface area (TPSA) is 26.3 Å². The molecule has 0 spiro atoms. The molecule has 3 rings (SSSR count). The zero-order valence-electron chi connectivity index (χ0n) is 17.2. The summed E-state index contributed by atoms with van der Waals surface area (Å²) >= 11 is 0. The fourth-order valence-corrected chi connectivity index (χ4v) is 8.49. The van der Waals surface area contributed by atoms with E-state index in [1.807, 2.05) is 36.4 Å². The summed E-state index contributed by atoms with van der Waals surface area (Å²) in [6.45, 7) is 6.87. The van der Waals surface area contributed by atoms with Crippen LogP contribution in [0.5, 0.6) is 0 Å². The largest absolute Gasteiger partial charge is 0.403 e. The molecule has 150 valence electrons. The normalized spacial score (nSPS) is 12.0. The van der Waals surface area contributed by atoms with E-state index in [9.17, 15) is 9.18 Å². The van der Waals surface area contributed by atoms with Gasteiger partial charge < -0.3 is 9.22 Å². The van der Waals surface area contributed by atoms with Crippen molar-refractivity contribution in [2.45, 2.75) is 38.8 Å². The molecule has 0 saturated heterocycles. The number of halogens is 1. The van der Waals surface area contributed by atoms with E-state index in [1.165, 1.54) is 22.5 Å². The van der Waals surface area contributed by atoms with Gasteiger partial charge in [-0.15, -0.1) is 0 Å². The highest BCUT2D eigenvalue weighted by Crippen LogP contribution is 2.37. The number of rotatable bonds is 7. The van der Waals surface area contributed by atoms with Gasteiger partial charge in [-0.1, -0.05) is 87.5 Å². The molecule has 0 amide bonds. The molecular formula is C25H27FO2Si. The summed E-state index contributed by atoms with van der Waals surface area (Å²) in [5, 5.41) is 2.19. The molecule has 0 aliphatic heterocycles. The van der Waals surface area contributed by atoms with Crippen LogP contribution in [0.4, 0.5) is 4.39 Å². The summed E-state index contributed by atoms with van der Waals surface area (Å²) in [4.78, 5) is 11.1. The highest BCUT2D eigenvalue weighted by atomic mass is 28.4. The van der Waals surface area contributed by atoms with E-state index < -0.39 is 8.32 Å². The molecular weight excluding hydrogens is 379 g/mol. The van der Waals surface area contributed by atoms with Crippen LogP contribution in [0.1, 0.15) is 31.9 Å². The van der Waals surface area contributed by atoms with Gasteiger partial charge in [0.05, 0.1) is 6.61 Å². The Balaban J connectivity index is 2.12. The Labute approximate surface area is 173 Å². The third-order valence-electron chi connectivity index (χ3n) is 5.33. The van der Waals surface area contributed by atoms with Gasteiger partial charge in [-0.05, 0) is 38.7 Å². The van der Waals surface area contributed by atoms with Crippen LogP contribution in [0.15, 0.2) is 78.9 Å². The van der Waals surface area contributed by atoms with Gasteiger partial charge in [0.15, 0.2) is 0 Å². The molecule has 0 heterocycles. The molecule has 0 saturated carbocycles. The van der Waals surface area contributed by atoms with Crippen LogP contribution in [0, 0.1) is 5.82 Å². The number of benzene rings is 3. The Bertz CT molecular complexity index is 910. The maximum absolute atomic E-state index is 14.0. The Morgan fingerprint density at radius 3 is 1.90 bits per heavy atom. The average molecular weight is 407 g/mol. The molecule has 0 aromatic heterocycles. The molecule has 0 atom stereocenters. The van der Waals surface area contributed by atoms with Crippen LogP contribution in [-0.2, 0) is 22.2 Å². The second-order valence-electron chi connectivity index (χ2n) is 8.24. The maximum Gasteiger partial charge on any atom is 0.261 e. The quantitative estimate of drug-likeness (QED) is 0.422. The van der Waals surface area contributed by atoms with E-state index >= 15 is 0 Å². The van der Waals surface area contributed by atoms with Gasteiger partial charge >= 0.3 is 0 Å². The zero-order valence-corrected chi connectivity index (χ0v) is 18.2. The molecule has 0 N–H and O–H groups in total. The highest BCUT2D eigenvalue weighted by molar-refractivity contribution is 6.99. The minimum Gasteiger partial charge on any atom is -0.403 e. The SMILES string of the molecule is CC(C)(C)[Si](OCc1cc(F)ccc1CC=O)(c1ccccc1)c1ccccc1. The van der Waals surface area contributed by atoms with Crippen molar-refractivity contribution >= 4 is 25.0 Å². The van der Waals surface area contributed by atoms with E-state index in [-0.39, 0.29) is 23.9 Å². The number of hydrogen-bond acceptors (Lipinski definition) is 2. The van der Waals surface area contributed by atoms with Crippen LogP contribution >= 0.6 is 0 Å². The Morgan fingerprint density at radius 2 is 1.41 bits per heavy atom. The summed E-state index contributed by atoms with van der Waals surface area (Å²) in [5.74, 6) is -0.319. The maximum atomic E-state index is 14.0. The third-order valence-corrected chi connectivity index (χ3v) is 10.3. The third kappa shape index (κ3) is 4.39. The molecule has 0 radical (unpaired) electrons. The number of hydrogen-bond donors (Lipinski definition) is 0. The predicted octanol–water partition coefficient (Wildman–Crippen LogP) is 4.64. The summed E-state index contributed by atoms with van der Waals surface area (Å²) in [7, 11) is -2.71. The van der Waals surface area contributed by atoms with Crippen LogP contribution in [0.2, 0.25) is 5.04 Å². The van der Waals surface area contributed by atoms with Gasteiger partial charge in [0.25, 0.3) is 8.32 Å². The first-order valence-electron chi connectivity index (χ1n) is 9.84. The molecule has 29 heavy (non-hydrogen) atoms. The van der Waals surface area contributed by atoms with Gasteiger partial charge in [-0.2, -0.15) is 0 Å². The fraction of sp³-hybridized carbons (Fsp3) is 0.240. The lowest BCUT2D eigenvalue weighted by molar-refractivity contribution is -0.107. The predicted molar refractivity (Wildman–Crippen MR) is 119 cm³/mol. The molecule has 4 heteroatoms.